The fraction of sp³-hybridized carbons (Fsp3) is 0.357. The number of pyridine rings is 1. The lowest BCUT2D eigenvalue weighted by Crippen LogP contribution is -2.25. The second kappa shape index (κ2) is 6.65. The molecule has 0 fully saturated rings. The number of hydrogen-bond acceptors (Lipinski definition) is 5. The predicted octanol–water partition coefficient (Wildman–Crippen LogP) is 1.96. The third-order valence-electron chi connectivity index (χ3n) is 2.98. The van der Waals surface area contributed by atoms with E-state index in [1.807, 2.05) is 37.4 Å². The molecule has 2 rings (SSSR count). The van der Waals surface area contributed by atoms with Gasteiger partial charge in [-0.15, -0.1) is 11.3 Å². The summed E-state index contributed by atoms with van der Waals surface area (Å²) in [7, 11) is -1.73. The zero-order valence-electron chi connectivity index (χ0n) is 12.3. The molecule has 2 N–H and O–H groups in total. The first-order chi connectivity index (χ1) is 9.94. The lowest BCUT2D eigenvalue weighted by Gasteiger charge is -2.09. The highest BCUT2D eigenvalue weighted by Gasteiger charge is 2.22. The summed E-state index contributed by atoms with van der Waals surface area (Å²) in [6.45, 7) is 4.43. The van der Waals surface area contributed by atoms with Crippen LogP contribution in [0.3, 0.4) is 0 Å². The van der Waals surface area contributed by atoms with Crippen molar-refractivity contribution in [3.05, 3.63) is 45.4 Å². The number of nitrogens with one attached hydrogen (secondary N) is 2. The van der Waals surface area contributed by atoms with Gasteiger partial charge in [-0.25, -0.2) is 13.1 Å². The summed E-state index contributed by atoms with van der Waals surface area (Å²) in [4.78, 5) is 5.51. The van der Waals surface area contributed by atoms with Gasteiger partial charge in [-0.1, -0.05) is 6.07 Å². The third-order valence-corrected chi connectivity index (χ3v) is 5.85. The van der Waals surface area contributed by atoms with Crippen molar-refractivity contribution in [1.29, 1.82) is 0 Å². The number of nitrogens with zero attached hydrogens (tertiary/aromatic N) is 1. The molecule has 0 radical (unpaired) electrons. The minimum atomic E-state index is -3.53. The molecule has 0 amide bonds. The fourth-order valence-electron chi connectivity index (χ4n) is 2.07. The average Bonchev–Trinajstić information content (AvgIpc) is 2.79. The van der Waals surface area contributed by atoms with E-state index in [9.17, 15) is 8.42 Å². The Labute approximate surface area is 129 Å². The first-order valence-corrected chi connectivity index (χ1v) is 8.94. The number of hydrogen-bond donors (Lipinski definition) is 2. The van der Waals surface area contributed by atoms with E-state index >= 15 is 0 Å². The molecular weight excluding hydrogens is 306 g/mol. The molecule has 0 unspecified atom stereocenters. The molecule has 0 aliphatic rings. The molecule has 0 saturated heterocycles. The molecule has 2 aromatic rings. The van der Waals surface area contributed by atoms with Gasteiger partial charge in [0.15, 0.2) is 0 Å². The van der Waals surface area contributed by atoms with Crippen molar-refractivity contribution in [3.63, 3.8) is 0 Å². The lowest BCUT2D eigenvalue weighted by atomic mass is 10.3. The second-order valence-corrected chi connectivity index (χ2v) is 7.46. The smallest absolute Gasteiger partial charge is 0.242 e. The van der Waals surface area contributed by atoms with Crippen LogP contribution < -0.4 is 10.0 Å². The Balaban J connectivity index is 2.21. The summed E-state index contributed by atoms with van der Waals surface area (Å²) >= 11 is 1.45. The average molecular weight is 325 g/mol. The number of aromatic nitrogens is 1. The van der Waals surface area contributed by atoms with E-state index in [0.717, 1.165) is 16.1 Å². The van der Waals surface area contributed by atoms with Crippen LogP contribution in [0.2, 0.25) is 0 Å². The van der Waals surface area contributed by atoms with E-state index in [1.165, 1.54) is 11.3 Å². The fourth-order valence-corrected chi connectivity index (χ4v) is 4.89. The molecule has 0 saturated carbocycles. The molecule has 0 aliphatic heterocycles. The highest BCUT2D eigenvalue weighted by Crippen LogP contribution is 2.26. The van der Waals surface area contributed by atoms with Gasteiger partial charge in [0.05, 0.1) is 12.2 Å². The van der Waals surface area contributed by atoms with Crippen LogP contribution in [-0.4, -0.2) is 20.4 Å². The molecule has 7 heteroatoms. The van der Waals surface area contributed by atoms with Crippen molar-refractivity contribution in [2.75, 3.05) is 7.05 Å². The summed E-state index contributed by atoms with van der Waals surface area (Å²) in [5.41, 5.74) is 2.35. The molecule has 2 aromatic heterocycles. The van der Waals surface area contributed by atoms with Crippen LogP contribution in [0, 0.1) is 13.8 Å². The number of sulfonamides is 1. The minimum Gasteiger partial charge on any atom is -0.315 e. The van der Waals surface area contributed by atoms with Crippen molar-refractivity contribution in [2.24, 2.45) is 0 Å². The molecule has 21 heavy (non-hydrogen) atoms. The van der Waals surface area contributed by atoms with Crippen molar-refractivity contribution < 1.29 is 8.42 Å². The Kier molecular flexibility index (Phi) is 5.10. The Morgan fingerprint density at radius 1 is 1.24 bits per heavy atom. The van der Waals surface area contributed by atoms with Crippen molar-refractivity contribution in [1.82, 2.24) is 15.0 Å². The van der Waals surface area contributed by atoms with Crippen molar-refractivity contribution in [2.45, 2.75) is 31.8 Å². The minimum absolute atomic E-state index is 0.193. The first-order valence-electron chi connectivity index (χ1n) is 6.58. The normalized spacial score (nSPS) is 11.8. The van der Waals surface area contributed by atoms with E-state index in [-0.39, 0.29) is 6.54 Å². The molecule has 0 bridgehead atoms. The van der Waals surface area contributed by atoms with Crippen LogP contribution >= 0.6 is 11.3 Å². The second-order valence-electron chi connectivity index (χ2n) is 4.80. The Hall–Kier alpha value is -1.28. The molecule has 5 nitrogen and oxygen atoms in total. The Morgan fingerprint density at radius 2 is 2.00 bits per heavy atom. The first kappa shape index (κ1) is 16.1. The molecule has 0 aromatic carbocycles. The maximum absolute atomic E-state index is 12.5. The monoisotopic (exact) mass is 325 g/mol. The molecule has 0 atom stereocenters. The van der Waals surface area contributed by atoms with Gasteiger partial charge in [0.2, 0.25) is 10.0 Å². The Bertz CT molecular complexity index is 724. The summed E-state index contributed by atoms with van der Waals surface area (Å²) in [5.74, 6) is 0. The van der Waals surface area contributed by atoms with Crippen molar-refractivity contribution in [3.8, 4) is 0 Å². The van der Waals surface area contributed by atoms with Gasteiger partial charge in [0, 0.05) is 17.1 Å². The van der Waals surface area contributed by atoms with Gasteiger partial charge < -0.3 is 5.32 Å². The SMILES string of the molecule is CNCc1scc(C)c1S(=O)(=O)NCc1cccc(C)n1. The highest BCUT2D eigenvalue weighted by molar-refractivity contribution is 7.89. The predicted molar refractivity (Wildman–Crippen MR) is 84.8 cm³/mol. The summed E-state index contributed by atoms with van der Waals surface area (Å²) in [6, 6.07) is 5.56. The molecule has 2 heterocycles. The summed E-state index contributed by atoms with van der Waals surface area (Å²) in [6.07, 6.45) is 0. The number of aryl methyl sites for hydroxylation is 2. The Morgan fingerprint density at radius 3 is 2.67 bits per heavy atom. The van der Waals surface area contributed by atoms with E-state index in [1.54, 1.807) is 7.05 Å². The van der Waals surface area contributed by atoms with Gasteiger partial charge >= 0.3 is 0 Å². The largest absolute Gasteiger partial charge is 0.315 e. The highest BCUT2D eigenvalue weighted by atomic mass is 32.2. The van der Waals surface area contributed by atoms with E-state index in [0.29, 0.717) is 17.1 Å². The van der Waals surface area contributed by atoms with Crippen LogP contribution in [-0.2, 0) is 23.1 Å². The molecular formula is C14H19N3O2S2. The maximum Gasteiger partial charge on any atom is 0.242 e. The number of thiophene rings is 1. The van der Waals surface area contributed by atoms with Crippen LogP contribution in [0.15, 0.2) is 28.5 Å². The summed E-state index contributed by atoms with van der Waals surface area (Å²) in [5, 5.41) is 4.86. The maximum atomic E-state index is 12.5. The molecule has 0 aliphatic carbocycles. The van der Waals surface area contributed by atoms with Gasteiger partial charge in [0.25, 0.3) is 0 Å². The van der Waals surface area contributed by atoms with Crippen LogP contribution in [0.1, 0.15) is 21.8 Å². The third kappa shape index (κ3) is 3.88. The quantitative estimate of drug-likeness (QED) is 0.852. The van der Waals surface area contributed by atoms with Crippen LogP contribution in [0.25, 0.3) is 0 Å². The van der Waals surface area contributed by atoms with Crippen LogP contribution in [0.4, 0.5) is 0 Å². The summed E-state index contributed by atoms with van der Waals surface area (Å²) < 4.78 is 27.6. The van der Waals surface area contributed by atoms with Gasteiger partial charge in [-0.05, 0) is 44.0 Å². The number of rotatable bonds is 6. The van der Waals surface area contributed by atoms with Crippen LogP contribution in [0.5, 0.6) is 0 Å². The molecule has 0 spiro atoms. The van der Waals surface area contributed by atoms with E-state index < -0.39 is 10.0 Å². The van der Waals surface area contributed by atoms with Gasteiger partial charge in [-0.2, -0.15) is 0 Å². The standard InChI is InChI=1S/C14H19N3O2S2/c1-10-9-20-13(8-15-3)14(10)21(18,19)16-7-12-6-4-5-11(2)17-12/h4-6,9,15-16H,7-8H2,1-3H3. The molecule has 114 valence electrons. The zero-order chi connectivity index (χ0) is 15.5. The van der Waals surface area contributed by atoms with Crippen molar-refractivity contribution >= 4 is 21.4 Å². The van der Waals surface area contributed by atoms with Gasteiger partial charge in [-0.3, -0.25) is 4.98 Å². The van der Waals surface area contributed by atoms with Gasteiger partial charge in [0.1, 0.15) is 4.90 Å². The zero-order valence-corrected chi connectivity index (χ0v) is 13.9. The van der Waals surface area contributed by atoms with E-state index in [2.05, 4.69) is 15.0 Å². The topological polar surface area (TPSA) is 71.1 Å². The van der Waals surface area contributed by atoms with E-state index in [4.69, 9.17) is 0 Å². The lowest BCUT2D eigenvalue weighted by molar-refractivity contribution is 0.578.